The molecule has 108 valence electrons. The summed E-state index contributed by atoms with van der Waals surface area (Å²) in [5, 5.41) is 3.22. The Bertz CT molecular complexity index is 335. The lowest BCUT2D eigenvalue weighted by atomic mass is 10.2. The van der Waals surface area contributed by atoms with Gasteiger partial charge in [0.2, 0.25) is 0 Å². The summed E-state index contributed by atoms with van der Waals surface area (Å²) in [6, 6.07) is 4.23. The minimum Gasteiger partial charge on any atom is -0.370 e. The molecule has 0 aliphatic heterocycles. The van der Waals surface area contributed by atoms with Crippen molar-refractivity contribution in [3.05, 3.63) is 23.9 Å². The molecule has 0 bridgehead atoms. The maximum atomic E-state index is 4.42. The van der Waals surface area contributed by atoms with E-state index < -0.39 is 0 Å². The Balaban J connectivity index is 2.41. The second kappa shape index (κ2) is 8.88. The van der Waals surface area contributed by atoms with Gasteiger partial charge in [-0.05, 0) is 58.7 Å². The average Bonchev–Trinajstić information content (AvgIpc) is 2.39. The van der Waals surface area contributed by atoms with Crippen LogP contribution in [0, 0.1) is 0 Å². The van der Waals surface area contributed by atoms with Gasteiger partial charge in [0.25, 0.3) is 0 Å². The minimum absolute atomic E-state index is 0.915. The molecule has 1 aromatic rings. The predicted octanol–water partition coefficient (Wildman–Crippen LogP) is 2.29. The highest BCUT2D eigenvalue weighted by Gasteiger charge is 2.04. The molecule has 0 fully saturated rings. The first-order valence-corrected chi connectivity index (χ1v) is 7.21. The molecule has 4 heteroatoms. The zero-order valence-corrected chi connectivity index (χ0v) is 12.8. The summed E-state index contributed by atoms with van der Waals surface area (Å²) in [6.07, 6.45) is 3.19. The first-order valence-electron chi connectivity index (χ1n) is 7.21. The summed E-state index contributed by atoms with van der Waals surface area (Å²) in [5.74, 6) is 0.960. The first-order chi connectivity index (χ1) is 9.15. The third-order valence-electron chi connectivity index (χ3n) is 3.12. The predicted molar refractivity (Wildman–Crippen MR) is 82.5 cm³/mol. The summed E-state index contributed by atoms with van der Waals surface area (Å²) >= 11 is 0. The van der Waals surface area contributed by atoms with Crippen molar-refractivity contribution >= 4 is 5.82 Å². The molecule has 1 N–H and O–H groups in total. The van der Waals surface area contributed by atoms with Crippen LogP contribution in [0.15, 0.2) is 18.3 Å². The molecular formula is C15H28N4. The molecule has 0 aromatic carbocycles. The monoisotopic (exact) mass is 264 g/mol. The van der Waals surface area contributed by atoms with E-state index >= 15 is 0 Å². The van der Waals surface area contributed by atoms with Crippen molar-refractivity contribution in [3.8, 4) is 0 Å². The lowest BCUT2D eigenvalue weighted by molar-refractivity contribution is 0.259. The molecule has 1 aromatic heterocycles. The van der Waals surface area contributed by atoms with Crippen LogP contribution in [0.1, 0.15) is 25.8 Å². The van der Waals surface area contributed by atoms with Crippen LogP contribution in [0.2, 0.25) is 0 Å². The van der Waals surface area contributed by atoms with Crippen LogP contribution in [0.25, 0.3) is 0 Å². The Hall–Kier alpha value is -1.13. The Morgan fingerprint density at radius 1 is 1.16 bits per heavy atom. The Morgan fingerprint density at radius 3 is 2.47 bits per heavy atom. The molecule has 0 aliphatic rings. The normalized spacial score (nSPS) is 11.3. The Kier molecular flexibility index (Phi) is 7.45. The van der Waals surface area contributed by atoms with E-state index in [9.17, 15) is 0 Å². The average molecular weight is 264 g/mol. The van der Waals surface area contributed by atoms with Gasteiger partial charge in [0.15, 0.2) is 0 Å². The number of nitrogens with zero attached hydrogens (tertiary/aromatic N) is 3. The van der Waals surface area contributed by atoms with Crippen molar-refractivity contribution in [1.82, 2.24) is 14.8 Å². The number of nitrogens with one attached hydrogen (secondary N) is 1. The number of hydrogen-bond acceptors (Lipinski definition) is 4. The lowest BCUT2D eigenvalue weighted by Crippen LogP contribution is -2.27. The second-order valence-corrected chi connectivity index (χ2v) is 5.11. The van der Waals surface area contributed by atoms with Crippen molar-refractivity contribution < 1.29 is 0 Å². The highest BCUT2D eigenvalue weighted by Crippen LogP contribution is 2.08. The SMILES string of the molecule is CCNc1ccc(CN(CC)CCCN(C)C)cn1. The molecule has 19 heavy (non-hydrogen) atoms. The molecule has 0 radical (unpaired) electrons. The third-order valence-corrected chi connectivity index (χ3v) is 3.12. The van der Waals surface area contributed by atoms with Crippen LogP contribution in [0.3, 0.4) is 0 Å². The summed E-state index contributed by atoms with van der Waals surface area (Å²) < 4.78 is 0. The summed E-state index contributed by atoms with van der Waals surface area (Å²) in [6.45, 7) is 9.58. The van der Waals surface area contributed by atoms with Crippen LogP contribution in [0.4, 0.5) is 5.82 Å². The van der Waals surface area contributed by atoms with Crippen LogP contribution in [-0.4, -0.2) is 55.1 Å². The Morgan fingerprint density at radius 2 is 1.95 bits per heavy atom. The van der Waals surface area contributed by atoms with Crippen molar-refractivity contribution in [2.24, 2.45) is 0 Å². The number of rotatable bonds is 9. The van der Waals surface area contributed by atoms with Gasteiger partial charge in [0, 0.05) is 19.3 Å². The molecule has 0 aliphatic carbocycles. The number of aromatic nitrogens is 1. The van der Waals surface area contributed by atoms with Gasteiger partial charge in [0.05, 0.1) is 0 Å². The first kappa shape index (κ1) is 15.9. The van der Waals surface area contributed by atoms with E-state index in [1.54, 1.807) is 0 Å². The Labute approximate surface area is 117 Å². The van der Waals surface area contributed by atoms with E-state index in [2.05, 4.69) is 60.2 Å². The fourth-order valence-electron chi connectivity index (χ4n) is 2.02. The van der Waals surface area contributed by atoms with Gasteiger partial charge in [0.1, 0.15) is 5.82 Å². The standard InChI is InChI=1S/C15H28N4/c1-5-16-15-9-8-14(12-17-15)13-19(6-2)11-7-10-18(3)4/h8-9,12H,5-7,10-11,13H2,1-4H3,(H,16,17). The molecular weight excluding hydrogens is 236 g/mol. The molecule has 0 unspecified atom stereocenters. The van der Waals surface area contributed by atoms with E-state index in [4.69, 9.17) is 0 Å². The van der Waals surface area contributed by atoms with Gasteiger partial charge in [-0.3, -0.25) is 4.90 Å². The third kappa shape index (κ3) is 6.55. The molecule has 0 amide bonds. The van der Waals surface area contributed by atoms with Gasteiger partial charge in [-0.2, -0.15) is 0 Å². The van der Waals surface area contributed by atoms with E-state index in [0.29, 0.717) is 0 Å². The number of pyridine rings is 1. The molecule has 1 heterocycles. The van der Waals surface area contributed by atoms with E-state index in [1.807, 2.05) is 6.20 Å². The van der Waals surface area contributed by atoms with Crippen molar-refractivity contribution in [2.45, 2.75) is 26.8 Å². The van der Waals surface area contributed by atoms with Crippen molar-refractivity contribution in [1.29, 1.82) is 0 Å². The molecule has 0 saturated heterocycles. The maximum Gasteiger partial charge on any atom is 0.125 e. The van der Waals surface area contributed by atoms with Crippen LogP contribution < -0.4 is 5.32 Å². The van der Waals surface area contributed by atoms with E-state index in [1.165, 1.54) is 12.0 Å². The van der Waals surface area contributed by atoms with Crippen LogP contribution in [0.5, 0.6) is 0 Å². The fraction of sp³-hybridized carbons (Fsp3) is 0.667. The largest absolute Gasteiger partial charge is 0.370 e. The van der Waals surface area contributed by atoms with Gasteiger partial charge in [-0.25, -0.2) is 4.98 Å². The highest BCUT2D eigenvalue weighted by atomic mass is 15.1. The molecule has 4 nitrogen and oxygen atoms in total. The molecule has 0 atom stereocenters. The molecule has 1 rings (SSSR count). The van der Waals surface area contributed by atoms with Crippen molar-refractivity contribution in [2.75, 3.05) is 45.6 Å². The quantitative estimate of drug-likeness (QED) is 0.741. The summed E-state index contributed by atoms with van der Waals surface area (Å²) in [5.41, 5.74) is 1.29. The van der Waals surface area contributed by atoms with Crippen molar-refractivity contribution in [3.63, 3.8) is 0 Å². The summed E-state index contributed by atoms with van der Waals surface area (Å²) in [7, 11) is 4.25. The zero-order chi connectivity index (χ0) is 14.1. The van der Waals surface area contributed by atoms with Gasteiger partial charge < -0.3 is 10.2 Å². The zero-order valence-electron chi connectivity index (χ0n) is 12.8. The van der Waals surface area contributed by atoms with Crippen LogP contribution >= 0.6 is 0 Å². The van der Waals surface area contributed by atoms with Crippen LogP contribution in [-0.2, 0) is 6.54 Å². The topological polar surface area (TPSA) is 31.4 Å². The number of hydrogen-bond donors (Lipinski definition) is 1. The fourth-order valence-corrected chi connectivity index (χ4v) is 2.02. The van der Waals surface area contributed by atoms with Gasteiger partial charge in [-0.1, -0.05) is 13.0 Å². The highest BCUT2D eigenvalue weighted by molar-refractivity contribution is 5.35. The smallest absolute Gasteiger partial charge is 0.125 e. The van der Waals surface area contributed by atoms with E-state index in [0.717, 1.165) is 38.5 Å². The minimum atomic E-state index is 0.915. The second-order valence-electron chi connectivity index (χ2n) is 5.11. The molecule has 0 saturated carbocycles. The lowest BCUT2D eigenvalue weighted by Gasteiger charge is -2.21. The summed E-state index contributed by atoms with van der Waals surface area (Å²) in [4.78, 5) is 9.12. The van der Waals surface area contributed by atoms with Gasteiger partial charge in [-0.15, -0.1) is 0 Å². The van der Waals surface area contributed by atoms with Gasteiger partial charge >= 0.3 is 0 Å². The maximum absolute atomic E-state index is 4.42. The van der Waals surface area contributed by atoms with E-state index in [-0.39, 0.29) is 0 Å². The number of anilines is 1. The molecule has 0 spiro atoms.